The van der Waals surface area contributed by atoms with Crippen molar-refractivity contribution in [2.24, 2.45) is 5.92 Å². The molecule has 184 valence electrons. The van der Waals surface area contributed by atoms with Crippen molar-refractivity contribution < 1.29 is 39.1 Å². The first-order chi connectivity index (χ1) is 16.2. The third kappa shape index (κ3) is 6.42. The van der Waals surface area contributed by atoms with Crippen LogP contribution in [0.15, 0.2) is 54.6 Å². The number of hydrogen-bond donors (Lipinski definition) is 3. The van der Waals surface area contributed by atoms with Gasteiger partial charge < -0.3 is 29.5 Å². The molecule has 0 bridgehead atoms. The first-order valence-corrected chi connectivity index (χ1v) is 11.4. The van der Waals surface area contributed by atoms with Crippen molar-refractivity contribution >= 4 is 11.9 Å². The molecule has 2 aromatic carbocycles. The Morgan fingerprint density at radius 2 is 1.53 bits per heavy atom. The monoisotopic (exact) mass is 472 g/mol. The highest BCUT2D eigenvalue weighted by molar-refractivity contribution is 5.78. The van der Waals surface area contributed by atoms with Crippen molar-refractivity contribution in [1.29, 1.82) is 0 Å². The van der Waals surface area contributed by atoms with Crippen molar-refractivity contribution in [3.8, 4) is 0 Å². The van der Waals surface area contributed by atoms with Crippen molar-refractivity contribution in [2.75, 3.05) is 0 Å². The molecule has 6 atom stereocenters. The van der Waals surface area contributed by atoms with Gasteiger partial charge in [0, 0.05) is 0 Å². The summed E-state index contributed by atoms with van der Waals surface area (Å²) in [5, 5.41) is 30.7. The molecule has 0 aromatic heterocycles. The Kier molecular flexibility index (Phi) is 8.79. The minimum atomic E-state index is -1.77. The average molecular weight is 473 g/mol. The zero-order valence-corrected chi connectivity index (χ0v) is 19.5. The van der Waals surface area contributed by atoms with Crippen LogP contribution in [0.3, 0.4) is 0 Å². The van der Waals surface area contributed by atoms with Crippen molar-refractivity contribution in [1.82, 2.24) is 0 Å². The summed E-state index contributed by atoms with van der Waals surface area (Å²) in [7, 11) is 0. The molecule has 1 fully saturated rings. The molecule has 0 saturated carbocycles. The molecule has 1 aliphatic rings. The highest BCUT2D eigenvalue weighted by Gasteiger charge is 2.49. The summed E-state index contributed by atoms with van der Waals surface area (Å²) in [5.41, 5.74) is 2.58. The van der Waals surface area contributed by atoms with Gasteiger partial charge in [0.1, 0.15) is 24.9 Å². The number of hydrogen-bond acceptors (Lipinski definition) is 8. The van der Waals surface area contributed by atoms with Crippen LogP contribution < -0.4 is 0 Å². The molecule has 1 unspecified atom stereocenters. The molecule has 0 amide bonds. The van der Waals surface area contributed by atoms with Crippen molar-refractivity contribution in [3.05, 3.63) is 71.3 Å². The van der Waals surface area contributed by atoms with Crippen molar-refractivity contribution in [3.63, 3.8) is 0 Å². The van der Waals surface area contributed by atoms with E-state index < -0.39 is 48.6 Å². The summed E-state index contributed by atoms with van der Waals surface area (Å²) in [6, 6.07) is 16.5. The van der Waals surface area contributed by atoms with Gasteiger partial charge in [0.15, 0.2) is 6.10 Å². The standard InChI is InChI=1S/C26H32O8/c1-15(2)13-17-9-11-19(12-10-17)16(3)24(30)34-26-22(29)20(27)21(28)23(33-26)25(31)32-14-18-7-5-4-6-8-18/h4-12,15-16,20-23,26-29H,13-14H2,1-3H3/t16?,20-,21-,22+,23-,26-/m0/s1. The number of aliphatic hydroxyl groups excluding tert-OH is 3. The maximum atomic E-state index is 12.7. The van der Waals surface area contributed by atoms with Gasteiger partial charge in [-0.15, -0.1) is 0 Å². The molecular formula is C26H32O8. The topological polar surface area (TPSA) is 123 Å². The number of carbonyl (C=O) groups excluding carboxylic acids is 2. The molecule has 0 radical (unpaired) electrons. The number of ether oxygens (including phenoxy) is 3. The zero-order chi connectivity index (χ0) is 24.8. The minimum absolute atomic E-state index is 0.0702. The van der Waals surface area contributed by atoms with Gasteiger partial charge in [-0.05, 0) is 36.0 Å². The summed E-state index contributed by atoms with van der Waals surface area (Å²) >= 11 is 0. The molecular weight excluding hydrogens is 440 g/mol. The molecule has 1 saturated heterocycles. The Morgan fingerprint density at radius 1 is 0.882 bits per heavy atom. The van der Waals surface area contributed by atoms with Crippen LogP contribution in [0, 0.1) is 5.92 Å². The maximum Gasteiger partial charge on any atom is 0.338 e. The molecule has 3 N–H and O–H groups in total. The number of aliphatic hydroxyl groups is 3. The van der Waals surface area contributed by atoms with Gasteiger partial charge in [-0.25, -0.2) is 4.79 Å². The van der Waals surface area contributed by atoms with E-state index in [1.807, 2.05) is 30.3 Å². The van der Waals surface area contributed by atoms with Gasteiger partial charge in [-0.1, -0.05) is 68.4 Å². The second kappa shape index (κ2) is 11.6. The lowest BCUT2D eigenvalue weighted by Crippen LogP contribution is -2.61. The van der Waals surface area contributed by atoms with E-state index in [4.69, 9.17) is 14.2 Å². The van der Waals surface area contributed by atoms with E-state index >= 15 is 0 Å². The van der Waals surface area contributed by atoms with E-state index in [1.165, 1.54) is 0 Å². The smallest absolute Gasteiger partial charge is 0.338 e. The second-order valence-electron chi connectivity index (χ2n) is 8.99. The number of carbonyl (C=O) groups is 2. The summed E-state index contributed by atoms with van der Waals surface area (Å²) in [6.07, 6.45) is -7.62. The van der Waals surface area contributed by atoms with E-state index in [1.54, 1.807) is 31.2 Å². The van der Waals surface area contributed by atoms with Crippen LogP contribution in [0.4, 0.5) is 0 Å². The fraction of sp³-hybridized carbons (Fsp3) is 0.462. The Bertz CT molecular complexity index is 943. The summed E-state index contributed by atoms with van der Waals surface area (Å²) in [5.74, 6) is -1.83. The van der Waals surface area contributed by atoms with Crippen LogP contribution in [0.25, 0.3) is 0 Å². The Balaban J connectivity index is 1.63. The van der Waals surface area contributed by atoms with Gasteiger partial charge >= 0.3 is 11.9 Å². The molecule has 0 aliphatic carbocycles. The lowest BCUT2D eigenvalue weighted by atomic mass is 9.96. The first-order valence-electron chi connectivity index (χ1n) is 11.4. The minimum Gasteiger partial charge on any atom is -0.459 e. The number of rotatable bonds is 8. The molecule has 8 heteroatoms. The van der Waals surface area contributed by atoms with E-state index in [2.05, 4.69) is 13.8 Å². The Labute approximate surface area is 199 Å². The quantitative estimate of drug-likeness (QED) is 0.499. The maximum absolute atomic E-state index is 12.7. The Hall–Kier alpha value is -2.78. The molecule has 8 nitrogen and oxygen atoms in total. The van der Waals surface area contributed by atoms with E-state index in [9.17, 15) is 24.9 Å². The SMILES string of the molecule is CC(C)Cc1ccc(C(C)C(=O)O[C@@H]2O[C@H](C(=O)OCc3ccccc3)[C@@H](O)[C@H](O)[C@H]2O)cc1. The normalized spacial score (nSPS) is 25.6. The van der Waals surface area contributed by atoms with E-state index in [0.717, 1.165) is 17.5 Å². The second-order valence-corrected chi connectivity index (χ2v) is 8.99. The van der Waals surface area contributed by atoms with Crippen LogP contribution in [0.1, 0.15) is 43.4 Å². The molecule has 1 aliphatic heterocycles. The fourth-order valence-electron chi connectivity index (χ4n) is 3.72. The predicted molar refractivity (Wildman–Crippen MR) is 122 cm³/mol. The van der Waals surface area contributed by atoms with Crippen LogP contribution in [0.5, 0.6) is 0 Å². The lowest BCUT2D eigenvalue weighted by molar-refractivity contribution is -0.288. The van der Waals surface area contributed by atoms with Gasteiger partial charge in [0.2, 0.25) is 6.29 Å². The largest absolute Gasteiger partial charge is 0.459 e. The molecule has 0 spiro atoms. The third-order valence-electron chi connectivity index (χ3n) is 5.74. The Morgan fingerprint density at radius 3 is 2.15 bits per heavy atom. The summed E-state index contributed by atoms with van der Waals surface area (Å²) in [6.45, 7) is 5.82. The third-order valence-corrected chi connectivity index (χ3v) is 5.74. The van der Waals surface area contributed by atoms with Crippen LogP contribution in [-0.2, 0) is 36.8 Å². The van der Waals surface area contributed by atoms with Gasteiger partial charge in [-0.2, -0.15) is 0 Å². The predicted octanol–water partition coefficient (Wildman–Crippen LogP) is 2.08. The van der Waals surface area contributed by atoms with Crippen LogP contribution in [0.2, 0.25) is 0 Å². The highest BCUT2D eigenvalue weighted by Crippen LogP contribution is 2.26. The first kappa shape index (κ1) is 25.8. The van der Waals surface area contributed by atoms with E-state index in [-0.39, 0.29) is 6.61 Å². The molecule has 34 heavy (non-hydrogen) atoms. The van der Waals surface area contributed by atoms with Gasteiger partial charge in [-0.3, -0.25) is 4.79 Å². The van der Waals surface area contributed by atoms with Gasteiger partial charge in [0.05, 0.1) is 5.92 Å². The summed E-state index contributed by atoms with van der Waals surface area (Å²) < 4.78 is 15.8. The van der Waals surface area contributed by atoms with Crippen molar-refractivity contribution in [2.45, 2.75) is 70.4 Å². The number of esters is 2. The summed E-state index contributed by atoms with van der Waals surface area (Å²) in [4.78, 5) is 25.2. The molecule has 2 aromatic rings. The lowest BCUT2D eigenvalue weighted by Gasteiger charge is -2.38. The van der Waals surface area contributed by atoms with Gasteiger partial charge in [0.25, 0.3) is 0 Å². The average Bonchev–Trinajstić information content (AvgIpc) is 2.83. The van der Waals surface area contributed by atoms with Crippen LogP contribution in [-0.4, -0.2) is 58.0 Å². The zero-order valence-electron chi connectivity index (χ0n) is 19.5. The van der Waals surface area contributed by atoms with Crippen LogP contribution >= 0.6 is 0 Å². The number of benzene rings is 2. The fourth-order valence-corrected chi connectivity index (χ4v) is 3.72. The van der Waals surface area contributed by atoms with E-state index in [0.29, 0.717) is 11.5 Å². The molecule has 3 rings (SSSR count). The highest BCUT2D eigenvalue weighted by atomic mass is 16.7. The molecule has 1 heterocycles.